The molecular formula is C14H20N6O. The van der Waals surface area contributed by atoms with Crippen molar-refractivity contribution in [2.24, 2.45) is 0 Å². The van der Waals surface area contributed by atoms with Crippen LogP contribution in [0.4, 0.5) is 11.6 Å². The van der Waals surface area contributed by atoms with Crippen LogP contribution in [-0.2, 0) is 4.79 Å². The smallest absolute Gasteiger partial charge is 0.242 e. The summed E-state index contributed by atoms with van der Waals surface area (Å²) in [5.41, 5.74) is 0.782. The zero-order valence-electron chi connectivity index (χ0n) is 12.3. The van der Waals surface area contributed by atoms with Crippen molar-refractivity contribution in [1.29, 1.82) is 0 Å². The summed E-state index contributed by atoms with van der Waals surface area (Å²) in [7, 11) is 0. The molecule has 1 aliphatic heterocycles. The fraction of sp³-hybridized carbons (Fsp3) is 0.500. The fourth-order valence-electron chi connectivity index (χ4n) is 2.75. The van der Waals surface area contributed by atoms with Gasteiger partial charge in [-0.05, 0) is 13.3 Å². The molecule has 1 saturated heterocycles. The number of nitrogens with zero attached hydrogens (tertiary/aromatic N) is 4. The lowest BCUT2D eigenvalue weighted by molar-refractivity contribution is -0.123. The van der Waals surface area contributed by atoms with Crippen LogP contribution in [0, 0.1) is 0 Å². The standard InChI is InChI=1S/C14H20N6O/c1-3-10-14(21)17-6-8-20(10)13-12-16-5-7-19(12)9-11(18-13)15-4-2/h5,7,9-10,15H,3-4,6,8H2,1-2H3,(H,17,21). The van der Waals surface area contributed by atoms with Gasteiger partial charge in [-0.3, -0.25) is 4.79 Å². The molecule has 3 heterocycles. The highest BCUT2D eigenvalue weighted by atomic mass is 16.2. The number of hydrogen-bond acceptors (Lipinski definition) is 5. The van der Waals surface area contributed by atoms with Crippen molar-refractivity contribution in [3.05, 3.63) is 18.6 Å². The van der Waals surface area contributed by atoms with Gasteiger partial charge >= 0.3 is 0 Å². The van der Waals surface area contributed by atoms with Crippen LogP contribution in [0.3, 0.4) is 0 Å². The SMILES string of the molecule is CCNc1cn2ccnc2c(N2CCNC(=O)C2CC)n1. The van der Waals surface area contributed by atoms with E-state index in [9.17, 15) is 4.79 Å². The summed E-state index contributed by atoms with van der Waals surface area (Å²) in [6.45, 7) is 6.22. The fourth-order valence-corrected chi connectivity index (χ4v) is 2.75. The zero-order valence-corrected chi connectivity index (χ0v) is 12.3. The Kier molecular flexibility index (Phi) is 3.64. The summed E-state index contributed by atoms with van der Waals surface area (Å²) >= 11 is 0. The summed E-state index contributed by atoms with van der Waals surface area (Å²) in [4.78, 5) is 23.2. The Morgan fingerprint density at radius 2 is 2.33 bits per heavy atom. The molecule has 3 rings (SSSR count). The van der Waals surface area contributed by atoms with E-state index >= 15 is 0 Å². The second-order valence-corrected chi connectivity index (χ2v) is 5.05. The van der Waals surface area contributed by atoms with Crippen LogP contribution in [-0.4, -0.2) is 46.0 Å². The molecular weight excluding hydrogens is 268 g/mol. The van der Waals surface area contributed by atoms with Gasteiger partial charge in [0.2, 0.25) is 5.91 Å². The molecule has 0 bridgehead atoms. The maximum Gasteiger partial charge on any atom is 0.242 e. The highest BCUT2D eigenvalue weighted by Gasteiger charge is 2.30. The van der Waals surface area contributed by atoms with E-state index in [0.717, 1.165) is 36.8 Å². The first-order valence-corrected chi connectivity index (χ1v) is 7.36. The largest absolute Gasteiger partial charge is 0.369 e. The van der Waals surface area contributed by atoms with E-state index in [1.807, 2.05) is 30.6 Å². The maximum absolute atomic E-state index is 12.1. The Morgan fingerprint density at radius 1 is 1.48 bits per heavy atom. The van der Waals surface area contributed by atoms with Crippen molar-refractivity contribution in [3.63, 3.8) is 0 Å². The second kappa shape index (κ2) is 5.59. The Bertz CT molecular complexity index is 652. The van der Waals surface area contributed by atoms with Gasteiger partial charge < -0.3 is 19.9 Å². The van der Waals surface area contributed by atoms with Gasteiger partial charge in [-0.1, -0.05) is 6.92 Å². The first kappa shape index (κ1) is 13.7. The van der Waals surface area contributed by atoms with Gasteiger partial charge in [-0.2, -0.15) is 0 Å². The maximum atomic E-state index is 12.1. The van der Waals surface area contributed by atoms with Gasteiger partial charge in [0.05, 0.1) is 6.20 Å². The van der Waals surface area contributed by atoms with E-state index in [2.05, 4.69) is 25.5 Å². The summed E-state index contributed by atoms with van der Waals surface area (Å²) in [5.74, 6) is 1.61. The molecule has 21 heavy (non-hydrogen) atoms. The van der Waals surface area contributed by atoms with Crippen molar-refractivity contribution in [2.45, 2.75) is 26.3 Å². The topological polar surface area (TPSA) is 74.6 Å². The van der Waals surface area contributed by atoms with E-state index < -0.39 is 0 Å². The number of piperazine rings is 1. The number of hydrogen-bond donors (Lipinski definition) is 2. The number of anilines is 2. The minimum Gasteiger partial charge on any atom is -0.369 e. The third-order valence-electron chi connectivity index (χ3n) is 3.70. The van der Waals surface area contributed by atoms with Crippen molar-refractivity contribution < 1.29 is 4.79 Å². The molecule has 7 heteroatoms. The van der Waals surface area contributed by atoms with Crippen LogP contribution in [0.1, 0.15) is 20.3 Å². The van der Waals surface area contributed by atoms with Crippen LogP contribution in [0.2, 0.25) is 0 Å². The number of nitrogens with one attached hydrogen (secondary N) is 2. The average Bonchev–Trinajstić information content (AvgIpc) is 2.95. The van der Waals surface area contributed by atoms with Gasteiger partial charge in [-0.15, -0.1) is 0 Å². The van der Waals surface area contributed by atoms with Crippen LogP contribution >= 0.6 is 0 Å². The third kappa shape index (κ3) is 2.39. The van der Waals surface area contributed by atoms with E-state index in [1.54, 1.807) is 6.20 Å². The van der Waals surface area contributed by atoms with Crippen molar-refractivity contribution in [3.8, 4) is 0 Å². The molecule has 0 aliphatic carbocycles. The van der Waals surface area contributed by atoms with E-state index in [-0.39, 0.29) is 11.9 Å². The minimum absolute atomic E-state index is 0.0594. The van der Waals surface area contributed by atoms with Gasteiger partial charge in [0.25, 0.3) is 0 Å². The van der Waals surface area contributed by atoms with Crippen molar-refractivity contribution in [1.82, 2.24) is 19.7 Å². The predicted octanol–water partition coefficient (Wildman–Crippen LogP) is 0.876. The highest BCUT2D eigenvalue weighted by molar-refractivity contribution is 5.87. The molecule has 0 spiro atoms. The third-order valence-corrected chi connectivity index (χ3v) is 3.70. The lowest BCUT2D eigenvalue weighted by Crippen LogP contribution is -2.55. The lowest BCUT2D eigenvalue weighted by Gasteiger charge is -2.35. The molecule has 1 aliphatic rings. The minimum atomic E-state index is -0.191. The average molecular weight is 288 g/mol. The molecule has 2 N–H and O–H groups in total. The van der Waals surface area contributed by atoms with Crippen LogP contribution < -0.4 is 15.5 Å². The predicted molar refractivity (Wildman–Crippen MR) is 81.6 cm³/mol. The highest BCUT2D eigenvalue weighted by Crippen LogP contribution is 2.24. The van der Waals surface area contributed by atoms with E-state index in [0.29, 0.717) is 6.54 Å². The first-order chi connectivity index (χ1) is 10.2. The van der Waals surface area contributed by atoms with Crippen LogP contribution in [0.25, 0.3) is 5.65 Å². The molecule has 2 aromatic heterocycles. The number of imidazole rings is 1. The summed E-state index contributed by atoms with van der Waals surface area (Å²) in [6, 6.07) is -0.191. The summed E-state index contributed by atoms with van der Waals surface area (Å²) in [6.07, 6.45) is 6.31. The van der Waals surface area contributed by atoms with Gasteiger partial charge in [0.1, 0.15) is 11.9 Å². The Hall–Kier alpha value is -2.31. The number of amides is 1. The molecule has 1 fully saturated rings. The van der Waals surface area contributed by atoms with E-state index in [1.165, 1.54) is 0 Å². The van der Waals surface area contributed by atoms with Crippen molar-refractivity contribution in [2.75, 3.05) is 29.9 Å². The van der Waals surface area contributed by atoms with Crippen LogP contribution in [0.5, 0.6) is 0 Å². The molecule has 112 valence electrons. The van der Waals surface area contributed by atoms with Gasteiger partial charge in [0.15, 0.2) is 11.5 Å². The quantitative estimate of drug-likeness (QED) is 0.873. The number of carbonyl (C=O) groups is 1. The summed E-state index contributed by atoms with van der Waals surface area (Å²) in [5, 5.41) is 6.14. The summed E-state index contributed by atoms with van der Waals surface area (Å²) < 4.78 is 1.94. The molecule has 7 nitrogen and oxygen atoms in total. The second-order valence-electron chi connectivity index (χ2n) is 5.05. The molecule has 0 saturated carbocycles. The van der Waals surface area contributed by atoms with Crippen molar-refractivity contribution >= 4 is 23.2 Å². The van der Waals surface area contributed by atoms with E-state index in [4.69, 9.17) is 0 Å². The zero-order chi connectivity index (χ0) is 14.8. The molecule has 1 amide bonds. The Balaban J connectivity index is 2.08. The molecule has 0 aromatic carbocycles. The number of rotatable bonds is 4. The van der Waals surface area contributed by atoms with Gasteiger partial charge in [0, 0.05) is 32.0 Å². The number of fused-ring (bicyclic) bond motifs is 1. The van der Waals surface area contributed by atoms with Crippen LogP contribution in [0.15, 0.2) is 18.6 Å². The number of carbonyl (C=O) groups excluding carboxylic acids is 1. The van der Waals surface area contributed by atoms with Gasteiger partial charge in [-0.25, -0.2) is 9.97 Å². The number of aromatic nitrogens is 3. The molecule has 2 aromatic rings. The molecule has 1 unspecified atom stereocenters. The Morgan fingerprint density at radius 3 is 3.10 bits per heavy atom. The monoisotopic (exact) mass is 288 g/mol. The lowest BCUT2D eigenvalue weighted by atomic mass is 10.1. The Labute approximate surface area is 123 Å². The molecule has 0 radical (unpaired) electrons. The molecule has 1 atom stereocenters. The first-order valence-electron chi connectivity index (χ1n) is 7.36. The normalized spacial score (nSPS) is 18.9.